The van der Waals surface area contributed by atoms with Crippen molar-refractivity contribution in [2.75, 3.05) is 6.61 Å². The Morgan fingerprint density at radius 3 is 2.48 bits per heavy atom. The van der Waals surface area contributed by atoms with Crippen molar-refractivity contribution in [3.63, 3.8) is 0 Å². The molecule has 1 fully saturated rings. The summed E-state index contributed by atoms with van der Waals surface area (Å²) in [6.07, 6.45) is 5.53. The van der Waals surface area contributed by atoms with E-state index in [4.69, 9.17) is 4.74 Å². The first-order valence-corrected chi connectivity index (χ1v) is 10.3. The lowest BCUT2D eigenvalue weighted by molar-refractivity contribution is -0.140. The lowest BCUT2D eigenvalue weighted by atomic mass is 9.97. The van der Waals surface area contributed by atoms with E-state index in [0.29, 0.717) is 5.69 Å². The summed E-state index contributed by atoms with van der Waals surface area (Å²) < 4.78 is 20.3. The summed E-state index contributed by atoms with van der Waals surface area (Å²) in [4.78, 5) is 27.2. The van der Waals surface area contributed by atoms with Crippen molar-refractivity contribution >= 4 is 11.9 Å². The maximum atomic E-state index is 13.3. The van der Waals surface area contributed by atoms with Gasteiger partial charge in [-0.05, 0) is 76.6 Å². The normalized spacial score (nSPS) is 21.1. The number of nitrogens with zero attached hydrogens (tertiary/aromatic N) is 3. The van der Waals surface area contributed by atoms with Crippen molar-refractivity contribution in [3.05, 3.63) is 47.0 Å². The van der Waals surface area contributed by atoms with E-state index in [1.54, 1.807) is 16.8 Å². The Morgan fingerprint density at radius 2 is 1.79 bits per heavy atom. The van der Waals surface area contributed by atoms with Crippen LogP contribution in [0.3, 0.4) is 0 Å². The van der Waals surface area contributed by atoms with Crippen LogP contribution in [-0.2, 0) is 22.4 Å². The van der Waals surface area contributed by atoms with Crippen LogP contribution in [-0.4, -0.2) is 45.2 Å². The topological polar surface area (TPSA) is 64.4 Å². The maximum absolute atomic E-state index is 13.3. The van der Waals surface area contributed by atoms with Crippen LogP contribution >= 0.6 is 0 Å². The van der Waals surface area contributed by atoms with Crippen molar-refractivity contribution in [1.29, 1.82) is 0 Å². The summed E-state index contributed by atoms with van der Waals surface area (Å²) in [5, 5.41) is 4.45. The van der Waals surface area contributed by atoms with Gasteiger partial charge in [0.15, 0.2) is 12.3 Å². The number of piperidine rings is 1. The molecule has 0 saturated carbocycles. The first-order valence-electron chi connectivity index (χ1n) is 10.3. The summed E-state index contributed by atoms with van der Waals surface area (Å²) >= 11 is 0. The Balaban J connectivity index is 1.50. The fraction of sp³-hybridized carbons (Fsp3) is 0.500. The number of carbonyl (C=O) groups is 2. The summed E-state index contributed by atoms with van der Waals surface area (Å²) in [7, 11) is 0. The lowest BCUT2D eigenvalue weighted by Gasteiger charge is -2.38. The van der Waals surface area contributed by atoms with Crippen LogP contribution in [0, 0.1) is 5.82 Å². The molecular weight excluding hydrogens is 373 g/mol. The fourth-order valence-corrected chi connectivity index (χ4v) is 4.58. The molecule has 1 aliphatic carbocycles. The minimum absolute atomic E-state index is 0.159. The third-order valence-corrected chi connectivity index (χ3v) is 6.00. The molecule has 1 aliphatic heterocycles. The number of halogens is 1. The zero-order chi connectivity index (χ0) is 20.5. The van der Waals surface area contributed by atoms with Crippen LogP contribution < -0.4 is 0 Å². The average molecular weight is 399 g/mol. The smallest absolute Gasteiger partial charge is 0.359 e. The first kappa shape index (κ1) is 19.6. The highest BCUT2D eigenvalue weighted by Crippen LogP contribution is 2.28. The molecule has 4 rings (SSSR count). The van der Waals surface area contributed by atoms with Crippen LogP contribution in [0.2, 0.25) is 0 Å². The maximum Gasteiger partial charge on any atom is 0.359 e. The molecular formula is C22H26FN3O3. The van der Waals surface area contributed by atoms with Crippen LogP contribution in [0.4, 0.5) is 4.39 Å². The first-order chi connectivity index (χ1) is 14.0. The molecule has 0 radical (unpaired) electrons. The molecule has 0 unspecified atom stereocenters. The van der Waals surface area contributed by atoms with Gasteiger partial charge >= 0.3 is 5.97 Å². The SMILES string of the molecule is C[C@@H]1CCC[C@@H](C)N1C(=O)COC(=O)c1nn(-c2ccc(F)cc2)c2c1CCC2. The van der Waals surface area contributed by atoms with E-state index in [1.807, 2.05) is 18.7 Å². The van der Waals surface area contributed by atoms with Crippen LogP contribution in [0.5, 0.6) is 0 Å². The number of benzene rings is 1. The number of rotatable bonds is 4. The highest BCUT2D eigenvalue weighted by Gasteiger charge is 2.31. The highest BCUT2D eigenvalue weighted by molar-refractivity contribution is 5.91. The molecule has 1 amide bonds. The average Bonchev–Trinajstić information content (AvgIpc) is 3.29. The van der Waals surface area contributed by atoms with Gasteiger partial charge in [-0.2, -0.15) is 5.10 Å². The molecule has 0 bridgehead atoms. The largest absolute Gasteiger partial charge is 0.451 e. The Morgan fingerprint density at radius 1 is 1.10 bits per heavy atom. The number of hydrogen-bond donors (Lipinski definition) is 0. The number of ether oxygens (including phenoxy) is 1. The molecule has 0 spiro atoms. The predicted octanol–water partition coefficient (Wildman–Crippen LogP) is 3.45. The second-order valence-electron chi connectivity index (χ2n) is 8.02. The van der Waals surface area contributed by atoms with Crippen molar-refractivity contribution in [1.82, 2.24) is 14.7 Å². The minimum atomic E-state index is -0.574. The van der Waals surface area contributed by atoms with Gasteiger partial charge in [-0.15, -0.1) is 0 Å². The Labute approximate surface area is 169 Å². The molecule has 2 aliphatic rings. The molecule has 1 aromatic carbocycles. The number of aromatic nitrogens is 2. The van der Waals surface area contributed by atoms with Gasteiger partial charge in [-0.3, -0.25) is 4.79 Å². The predicted molar refractivity (Wildman–Crippen MR) is 105 cm³/mol. The molecule has 6 nitrogen and oxygen atoms in total. The molecule has 2 atom stereocenters. The third-order valence-electron chi connectivity index (χ3n) is 6.00. The minimum Gasteiger partial charge on any atom is -0.451 e. The monoisotopic (exact) mass is 399 g/mol. The molecule has 7 heteroatoms. The Kier molecular flexibility index (Phi) is 5.39. The molecule has 2 aromatic rings. The van der Waals surface area contributed by atoms with Gasteiger partial charge in [-0.25, -0.2) is 13.9 Å². The van der Waals surface area contributed by atoms with Crippen molar-refractivity contribution in [2.45, 2.75) is 64.5 Å². The van der Waals surface area contributed by atoms with Crippen LogP contribution in [0.1, 0.15) is 61.3 Å². The zero-order valence-corrected chi connectivity index (χ0v) is 16.9. The standard InChI is InChI=1S/C22H26FN3O3/c1-14-5-3-6-15(2)25(14)20(27)13-29-22(28)21-18-7-4-8-19(18)26(24-21)17-11-9-16(23)10-12-17/h9-12,14-15H,3-8,13H2,1-2H3/t14-,15-/m1/s1. The second kappa shape index (κ2) is 7.97. The van der Waals surface area contributed by atoms with Crippen LogP contribution in [0.15, 0.2) is 24.3 Å². The molecule has 2 heterocycles. The number of fused-ring (bicyclic) bond motifs is 1. The lowest BCUT2D eigenvalue weighted by Crippen LogP contribution is -2.49. The van der Waals surface area contributed by atoms with E-state index in [0.717, 1.165) is 49.8 Å². The van der Waals surface area contributed by atoms with E-state index >= 15 is 0 Å². The van der Waals surface area contributed by atoms with Gasteiger partial charge < -0.3 is 9.64 Å². The van der Waals surface area contributed by atoms with E-state index in [2.05, 4.69) is 5.10 Å². The highest BCUT2D eigenvalue weighted by atomic mass is 19.1. The van der Waals surface area contributed by atoms with Crippen molar-refractivity contribution < 1.29 is 18.7 Å². The summed E-state index contributed by atoms with van der Waals surface area (Å²) in [6, 6.07) is 6.34. The van der Waals surface area contributed by atoms with Gasteiger partial charge in [-0.1, -0.05) is 0 Å². The molecule has 1 saturated heterocycles. The molecule has 0 N–H and O–H groups in total. The fourth-order valence-electron chi connectivity index (χ4n) is 4.58. The van der Waals surface area contributed by atoms with E-state index in [-0.39, 0.29) is 36.1 Å². The van der Waals surface area contributed by atoms with Gasteiger partial charge in [0.2, 0.25) is 0 Å². The van der Waals surface area contributed by atoms with Gasteiger partial charge in [0, 0.05) is 23.3 Å². The van der Waals surface area contributed by atoms with Gasteiger partial charge in [0.1, 0.15) is 5.82 Å². The number of esters is 1. The van der Waals surface area contributed by atoms with Crippen molar-refractivity contribution in [3.8, 4) is 5.69 Å². The molecule has 29 heavy (non-hydrogen) atoms. The van der Waals surface area contributed by atoms with E-state index in [9.17, 15) is 14.0 Å². The number of amides is 1. The Hall–Kier alpha value is -2.70. The summed E-state index contributed by atoms with van der Waals surface area (Å²) in [5.41, 5.74) is 2.78. The quantitative estimate of drug-likeness (QED) is 0.739. The number of hydrogen-bond acceptors (Lipinski definition) is 4. The van der Waals surface area contributed by atoms with Gasteiger partial charge in [0.25, 0.3) is 5.91 Å². The summed E-state index contributed by atoms with van der Waals surface area (Å²) in [5.74, 6) is -1.06. The van der Waals surface area contributed by atoms with Crippen molar-refractivity contribution in [2.24, 2.45) is 0 Å². The number of likely N-dealkylation sites (tertiary alicyclic amines) is 1. The third kappa shape index (κ3) is 3.78. The van der Waals surface area contributed by atoms with E-state index in [1.165, 1.54) is 12.1 Å². The summed E-state index contributed by atoms with van der Waals surface area (Å²) in [6.45, 7) is 3.80. The zero-order valence-electron chi connectivity index (χ0n) is 16.9. The van der Waals surface area contributed by atoms with Gasteiger partial charge in [0.05, 0.1) is 5.69 Å². The van der Waals surface area contributed by atoms with E-state index < -0.39 is 5.97 Å². The molecule has 1 aromatic heterocycles. The second-order valence-corrected chi connectivity index (χ2v) is 8.02. The van der Waals surface area contributed by atoms with Crippen LogP contribution in [0.25, 0.3) is 5.69 Å². The number of carbonyl (C=O) groups excluding carboxylic acids is 2. The Bertz CT molecular complexity index is 912. The molecule has 154 valence electrons.